The lowest BCUT2D eigenvalue weighted by atomic mass is 9.94. The number of nitrogens with zero attached hydrogens (tertiary/aromatic N) is 2. The first-order valence-corrected chi connectivity index (χ1v) is 11.5. The van der Waals surface area contributed by atoms with Gasteiger partial charge in [-0.25, -0.2) is 0 Å². The van der Waals surface area contributed by atoms with Crippen LogP contribution in [0.4, 0.5) is 0 Å². The fourth-order valence-electron chi connectivity index (χ4n) is 3.03. The van der Waals surface area contributed by atoms with Gasteiger partial charge in [0.15, 0.2) is 0 Å². The van der Waals surface area contributed by atoms with Crippen molar-refractivity contribution >= 4 is 7.60 Å². The van der Waals surface area contributed by atoms with Gasteiger partial charge in [0, 0.05) is 24.5 Å². The summed E-state index contributed by atoms with van der Waals surface area (Å²) in [4.78, 5) is 10.5. The summed E-state index contributed by atoms with van der Waals surface area (Å²) < 4.78 is 25.3. The molecule has 2 N–H and O–H groups in total. The number of pyridine rings is 1. The molecule has 0 aliphatic heterocycles. The molecule has 0 fully saturated rings. The van der Waals surface area contributed by atoms with Crippen LogP contribution in [0.2, 0.25) is 0 Å². The topological polar surface area (TPSA) is 86.9 Å². The van der Waals surface area contributed by atoms with Crippen molar-refractivity contribution in [1.29, 1.82) is 0 Å². The van der Waals surface area contributed by atoms with Gasteiger partial charge in [0.25, 0.3) is 0 Å². The van der Waals surface area contributed by atoms with Gasteiger partial charge in [0.05, 0.1) is 13.2 Å². The maximum Gasteiger partial charge on any atom is 0.350 e. The summed E-state index contributed by atoms with van der Waals surface area (Å²) in [6.45, 7) is 16.5. The van der Waals surface area contributed by atoms with E-state index in [1.807, 2.05) is 67.5 Å². The predicted octanol–water partition coefficient (Wildman–Crippen LogP) is 4.75. The normalized spacial score (nSPS) is 15.6. The van der Waals surface area contributed by atoms with Crippen LogP contribution in [0.5, 0.6) is 0 Å². The molecule has 0 aliphatic carbocycles. The van der Waals surface area contributed by atoms with E-state index in [1.165, 1.54) is 0 Å². The molecule has 7 nitrogen and oxygen atoms in total. The van der Waals surface area contributed by atoms with Crippen molar-refractivity contribution in [2.24, 2.45) is 11.1 Å². The van der Waals surface area contributed by atoms with E-state index < -0.39 is 30.4 Å². The molecule has 1 rings (SSSR count). The Morgan fingerprint density at radius 1 is 1.07 bits per heavy atom. The Kier molecular flexibility index (Phi) is 9.26. The van der Waals surface area contributed by atoms with Gasteiger partial charge >= 0.3 is 7.60 Å². The van der Waals surface area contributed by atoms with Crippen molar-refractivity contribution in [3.63, 3.8) is 0 Å². The highest BCUT2D eigenvalue weighted by Crippen LogP contribution is 2.61. The summed E-state index contributed by atoms with van der Waals surface area (Å²) in [5, 5.41) is 1.76. The lowest BCUT2D eigenvalue weighted by Gasteiger charge is -2.48. The van der Waals surface area contributed by atoms with E-state index in [0.29, 0.717) is 0 Å². The molecule has 162 valence electrons. The molecule has 0 saturated carbocycles. The fraction of sp³-hybridized carbons (Fsp3) is 0.750. The maximum absolute atomic E-state index is 13.8. The number of hydrogen-bond donors (Lipinski definition) is 1. The highest BCUT2D eigenvalue weighted by molar-refractivity contribution is 7.54. The molecule has 1 aromatic heterocycles. The Bertz CT molecular complexity index is 619. The van der Waals surface area contributed by atoms with Gasteiger partial charge < -0.3 is 14.8 Å². The average molecular weight is 416 g/mol. The molecule has 0 bridgehead atoms. The zero-order valence-electron chi connectivity index (χ0n) is 18.6. The number of hydroxylamine groups is 2. The predicted molar refractivity (Wildman–Crippen MR) is 113 cm³/mol. The molecule has 0 aliphatic rings. The van der Waals surface area contributed by atoms with Crippen LogP contribution in [0.1, 0.15) is 67.1 Å². The molecule has 1 heterocycles. The Morgan fingerprint density at radius 3 is 1.93 bits per heavy atom. The second kappa shape index (κ2) is 10.3. The van der Waals surface area contributed by atoms with Crippen molar-refractivity contribution < 1.29 is 18.5 Å². The van der Waals surface area contributed by atoms with Crippen LogP contribution in [0.25, 0.3) is 0 Å². The van der Waals surface area contributed by atoms with Crippen molar-refractivity contribution in [2.75, 3.05) is 19.8 Å². The largest absolute Gasteiger partial charge is 0.350 e. The van der Waals surface area contributed by atoms with Crippen LogP contribution >= 0.6 is 7.60 Å². The van der Waals surface area contributed by atoms with Crippen LogP contribution in [-0.2, 0) is 18.5 Å². The van der Waals surface area contributed by atoms with Crippen molar-refractivity contribution in [2.45, 2.75) is 72.8 Å². The molecular formula is C20H38N3O4P. The standard InChI is InChI=1S/C20H38N3O4P/c1-9-25-28(24,26-10-2)18(19(3,4)5)23(20(6,7)8)27-17(15-21)16-11-13-22-14-12-16/h11-14,17-18H,9-10,15,21H2,1-8H3/t17-,18-/m1/s1. The second-order valence-corrected chi connectivity index (χ2v) is 10.8. The highest BCUT2D eigenvalue weighted by Gasteiger charge is 2.51. The smallest absolute Gasteiger partial charge is 0.328 e. The van der Waals surface area contributed by atoms with Crippen LogP contribution in [0.15, 0.2) is 24.5 Å². The summed E-state index contributed by atoms with van der Waals surface area (Å²) in [6.07, 6.45) is 2.99. The Hall–Kier alpha value is -0.820. The summed E-state index contributed by atoms with van der Waals surface area (Å²) in [5.41, 5.74) is 6.00. The van der Waals surface area contributed by atoms with Crippen LogP contribution in [0, 0.1) is 5.41 Å². The Morgan fingerprint density at radius 2 is 1.57 bits per heavy atom. The van der Waals surface area contributed by atoms with Gasteiger partial charge in [-0.1, -0.05) is 20.8 Å². The molecule has 0 spiro atoms. The summed E-state index contributed by atoms with van der Waals surface area (Å²) in [5.74, 6) is -0.629. The summed E-state index contributed by atoms with van der Waals surface area (Å²) >= 11 is 0. The minimum absolute atomic E-state index is 0.265. The first kappa shape index (κ1) is 25.2. The van der Waals surface area contributed by atoms with E-state index in [9.17, 15) is 4.57 Å². The van der Waals surface area contributed by atoms with Crippen molar-refractivity contribution in [3.05, 3.63) is 30.1 Å². The molecule has 0 saturated heterocycles. The van der Waals surface area contributed by atoms with Crippen molar-refractivity contribution in [1.82, 2.24) is 10.0 Å². The monoisotopic (exact) mass is 415 g/mol. The van der Waals surface area contributed by atoms with E-state index in [-0.39, 0.29) is 19.8 Å². The van der Waals surface area contributed by atoms with E-state index in [1.54, 1.807) is 17.5 Å². The van der Waals surface area contributed by atoms with Gasteiger partial charge in [-0.3, -0.25) is 14.4 Å². The van der Waals surface area contributed by atoms with Gasteiger partial charge in [-0.15, -0.1) is 0 Å². The molecule has 2 atom stereocenters. The fourth-order valence-corrected chi connectivity index (χ4v) is 5.71. The third kappa shape index (κ3) is 6.61. The highest BCUT2D eigenvalue weighted by atomic mass is 31.2. The van der Waals surface area contributed by atoms with E-state index in [4.69, 9.17) is 19.6 Å². The van der Waals surface area contributed by atoms with E-state index >= 15 is 0 Å². The molecule has 1 aromatic rings. The minimum Gasteiger partial charge on any atom is -0.328 e. The molecule has 0 amide bonds. The van der Waals surface area contributed by atoms with Gasteiger partial charge in [0.1, 0.15) is 11.9 Å². The minimum atomic E-state index is -3.51. The molecule has 0 aromatic carbocycles. The molecule has 28 heavy (non-hydrogen) atoms. The van der Waals surface area contributed by atoms with E-state index in [2.05, 4.69) is 4.98 Å². The zero-order chi connectivity index (χ0) is 21.6. The third-order valence-electron chi connectivity index (χ3n) is 4.11. The Balaban J connectivity index is 3.45. The van der Waals surface area contributed by atoms with Gasteiger partial charge in [-0.05, 0) is 57.7 Å². The molecular weight excluding hydrogens is 377 g/mol. The number of nitrogens with two attached hydrogens (primary N) is 1. The zero-order valence-corrected chi connectivity index (χ0v) is 19.5. The van der Waals surface area contributed by atoms with E-state index in [0.717, 1.165) is 5.56 Å². The lowest BCUT2D eigenvalue weighted by Crippen LogP contribution is -2.54. The van der Waals surface area contributed by atoms with Crippen LogP contribution < -0.4 is 5.73 Å². The lowest BCUT2D eigenvalue weighted by molar-refractivity contribution is -0.266. The van der Waals surface area contributed by atoms with Crippen LogP contribution in [0.3, 0.4) is 0 Å². The second-order valence-electron chi connectivity index (χ2n) is 8.72. The van der Waals surface area contributed by atoms with Gasteiger partial charge in [-0.2, -0.15) is 5.06 Å². The SMILES string of the molecule is CCOP(=O)(OCC)[C@@H](N(O[C@H](CN)c1ccncc1)C(C)(C)C)C(C)(C)C. The quantitative estimate of drug-likeness (QED) is 0.436. The number of aromatic nitrogens is 1. The first-order chi connectivity index (χ1) is 12.9. The molecule has 0 radical (unpaired) electrons. The number of hydrogen-bond acceptors (Lipinski definition) is 7. The number of rotatable bonds is 10. The maximum atomic E-state index is 13.8. The Labute approximate surface area is 170 Å². The molecule has 0 unspecified atom stereocenters. The summed E-state index contributed by atoms with van der Waals surface area (Å²) in [6, 6.07) is 3.74. The average Bonchev–Trinajstić information content (AvgIpc) is 2.57. The first-order valence-electron chi connectivity index (χ1n) is 9.85. The van der Waals surface area contributed by atoms with Crippen LogP contribution in [-0.4, -0.2) is 41.1 Å². The van der Waals surface area contributed by atoms with Gasteiger partial charge in [0.2, 0.25) is 0 Å². The van der Waals surface area contributed by atoms with Crippen molar-refractivity contribution in [3.8, 4) is 0 Å². The molecule has 8 heteroatoms. The third-order valence-corrected chi connectivity index (χ3v) is 6.93. The summed E-state index contributed by atoms with van der Waals surface area (Å²) in [7, 11) is -3.51.